The Morgan fingerprint density at radius 1 is 1.29 bits per heavy atom. The molecule has 3 rings (SSSR count). The SMILES string of the molecule is CCCCC1C(=O)N(C)CCN1C(=O)c1cccc(-c2cnc(N)c(Cl)c2)c1. The predicted molar refractivity (Wildman–Crippen MR) is 111 cm³/mol. The molecule has 1 aromatic carbocycles. The molecule has 1 unspecified atom stereocenters. The Morgan fingerprint density at radius 3 is 2.79 bits per heavy atom. The minimum Gasteiger partial charge on any atom is -0.382 e. The Morgan fingerprint density at radius 2 is 2.07 bits per heavy atom. The number of aromatic nitrogens is 1. The van der Waals surface area contributed by atoms with Crippen LogP contribution in [0.25, 0.3) is 11.1 Å². The molecule has 0 radical (unpaired) electrons. The average molecular weight is 401 g/mol. The summed E-state index contributed by atoms with van der Waals surface area (Å²) < 4.78 is 0. The molecule has 0 aliphatic carbocycles. The summed E-state index contributed by atoms with van der Waals surface area (Å²) in [5, 5.41) is 0.374. The Labute approximate surface area is 170 Å². The molecule has 0 spiro atoms. The van der Waals surface area contributed by atoms with Gasteiger partial charge in [0.2, 0.25) is 5.91 Å². The number of halogens is 1. The Balaban J connectivity index is 1.88. The number of nitrogen functional groups attached to an aromatic ring is 1. The van der Waals surface area contributed by atoms with E-state index in [1.807, 2.05) is 18.2 Å². The first-order valence-electron chi connectivity index (χ1n) is 9.49. The van der Waals surface area contributed by atoms with Gasteiger partial charge in [0.05, 0.1) is 5.02 Å². The first-order chi connectivity index (χ1) is 13.4. The normalized spacial score (nSPS) is 17.1. The van der Waals surface area contributed by atoms with Crippen LogP contribution >= 0.6 is 11.6 Å². The summed E-state index contributed by atoms with van der Waals surface area (Å²) >= 11 is 6.08. The lowest BCUT2D eigenvalue weighted by molar-refractivity contribution is -0.138. The van der Waals surface area contributed by atoms with Gasteiger partial charge < -0.3 is 15.5 Å². The zero-order valence-corrected chi connectivity index (χ0v) is 16.9. The van der Waals surface area contributed by atoms with Crippen molar-refractivity contribution in [1.82, 2.24) is 14.8 Å². The van der Waals surface area contributed by atoms with Crippen LogP contribution in [0, 0.1) is 0 Å². The monoisotopic (exact) mass is 400 g/mol. The van der Waals surface area contributed by atoms with Crippen molar-refractivity contribution in [3.05, 3.63) is 47.1 Å². The molecule has 2 aromatic rings. The first kappa shape index (κ1) is 20.1. The molecule has 2 N–H and O–H groups in total. The number of nitrogens with two attached hydrogens (primary N) is 1. The second-order valence-electron chi connectivity index (χ2n) is 7.09. The van der Waals surface area contributed by atoms with Gasteiger partial charge in [-0.3, -0.25) is 9.59 Å². The molecule has 2 amide bonds. The Bertz CT molecular complexity index is 886. The smallest absolute Gasteiger partial charge is 0.254 e. The van der Waals surface area contributed by atoms with Crippen LogP contribution in [0.15, 0.2) is 36.5 Å². The number of nitrogens with zero attached hydrogens (tertiary/aromatic N) is 3. The van der Waals surface area contributed by atoms with Crippen LogP contribution in [0.2, 0.25) is 5.02 Å². The predicted octanol–water partition coefficient (Wildman–Crippen LogP) is 3.46. The van der Waals surface area contributed by atoms with Crippen molar-refractivity contribution in [1.29, 1.82) is 0 Å². The third-order valence-electron chi connectivity index (χ3n) is 5.12. The van der Waals surface area contributed by atoms with Gasteiger partial charge in [0.15, 0.2) is 0 Å². The molecule has 7 heteroatoms. The molecule has 148 valence electrons. The van der Waals surface area contributed by atoms with E-state index in [2.05, 4.69) is 11.9 Å². The second-order valence-corrected chi connectivity index (χ2v) is 7.50. The van der Waals surface area contributed by atoms with Gasteiger partial charge in [-0.2, -0.15) is 0 Å². The Hall–Kier alpha value is -2.60. The molecule has 6 nitrogen and oxygen atoms in total. The van der Waals surface area contributed by atoms with Crippen molar-refractivity contribution >= 4 is 29.2 Å². The summed E-state index contributed by atoms with van der Waals surface area (Å²) in [6.45, 7) is 3.16. The maximum absolute atomic E-state index is 13.2. The molecule has 28 heavy (non-hydrogen) atoms. The highest BCUT2D eigenvalue weighted by Gasteiger charge is 2.35. The van der Waals surface area contributed by atoms with Crippen LogP contribution in [-0.2, 0) is 4.79 Å². The first-order valence-corrected chi connectivity index (χ1v) is 9.87. The zero-order valence-electron chi connectivity index (χ0n) is 16.2. The van der Waals surface area contributed by atoms with E-state index in [4.69, 9.17) is 17.3 Å². The zero-order chi connectivity index (χ0) is 20.3. The number of amides is 2. The van der Waals surface area contributed by atoms with Gasteiger partial charge in [-0.1, -0.05) is 43.5 Å². The second kappa shape index (κ2) is 8.61. The van der Waals surface area contributed by atoms with Crippen molar-refractivity contribution in [2.45, 2.75) is 32.2 Å². The third kappa shape index (κ3) is 4.12. The van der Waals surface area contributed by atoms with E-state index in [0.29, 0.717) is 30.1 Å². The molecular weight excluding hydrogens is 376 g/mol. The van der Waals surface area contributed by atoms with E-state index in [1.165, 1.54) is 0 Å². The number of piperazine rings is 1. The molecule has 1 fully saturated rings. The molecular formula is C21H25ClN4O2. The van der Waals surface area contributed by atoms with E-state index in [-0.39, 0.29) is 17.6 Å². The van der Waals surface area contributed by atoms with Crippen LogP contribution in [0.3, 0.4) is 0 Å². The summed E-state index contributed by atoms with van der Waals surface area (Å²) in [5.74, 6) is 0.157. The lowest BCUT2D eigenvalue weighted by Crippen LogP contribution is -2.57. The van der Waals surface area contributed by atoms with Crippen LogP contribution < -0.4 is 5.73 Å². The van der Waals surface area contributed by atoms with Gasteiger partial charge in [0, 0.05) is 37.5 Å². The lowest BCUT2D eigenvalue weighted by atomic mass is 10.0. The molecule has 1 saturated heterocycles. The maximum atomic E-state index is 13.2. The molecule has 1 aliphatic rings. The maximum Gasteiger partial charge on any atom is 0.254 e. The summed E-state index contributed by atoms with van der Waals surface area (Å²) in [7, 11) is 1.79. The molecule has 2 heterocycles. The molecule has 0 saturated carbocycles. The van der Waals surface area contributed by atoms with E-state index in [0.717, 1.165) is 24.0 Å². The molecule has 1 aromatic heterocycles. The molecule has 1 aliphatic heterocycles. The van der Waals surface area contributed by atoms with Crippen molar-refractivity contribution < 1.29 is 9.59 Å². The van der Waals surface area contributed by atoms with Crippen molar-refractivity contribution in [2.75, 3.05) is 25.9 Å². The quantitative estimate of drug-likeness (QED) is 0.833. The lowest BCUT2D eigenvalue weighted by Gasteiger charge is -2.39. The highest BCUT2D eigenvalue weighted by molar-refractivity contribution is 6.33. The van der Waals surface area contributed by atoms with E-state index >= 15 is 0 Å². The van der Waals surface area contributed by atoms with Gasteiger partial charge >= 0.3 is 0 Å². The van der Waals surface area contributed by atoms with Gasteiger partial charge in [-0.15, -0.1) is 0 Å². The van der Waals surface area contributed by atoms with Gasteiger partial charge in [0.1, 0.15) is 11.9 Å². The number of hydrogen-bond donors (Lipinski definition) is 1. The van der Waals surface area contributed by atoms with Gasteiger partial charge in [-0.25, -0.2) is 4.98 Å². The van der Waals surface area contributed by atoms with Crippen molar-refractivity contribution in [3.63, 3.8) is 0 Å². The summed E-state index contributed by atoms with van der Waals surface area (Å²) in [6, 6.07) is 8.64. The number of carbonyl (C=O) groups is 2. The number of pyridine rings is 1. The molecule has 0 bridgehead atoms. The topological polar surface area (TPSA) is 79.5 Å². The van der Waals surface area contributed by atoms with E-state index in [1.54, 1.807) is 35.2 Å². The van der Waals surface area contributed by atoms with E-state index < -0.39 is 6.04 Å². The van der Waals surface area contributed by atoms with Crippen molar-refractivity contribution in [2.24, 2.45) is 0 Å². The fourth-order valence-corrected chi connectivity index (χ4v) is 3.60. The van der Waals surface area contributed by atoms with E-state index in [9.17, 15) is 9.59 Å². The number of unbranched alkanes of at least 4 members (excludes halogenated alkanes) is 1. The van der Waals surface area contributed by atoms with Gasteiger partial charge in [-0.05, 0) is 30.2 Å². The van der Waals surface area contributed by atoms with Crippen LogP contribution in [0.1, 0.15) is 36.5 Å². The minimum atomic E-state index is -0.400. The van der Waals surface area contributed by atoms with Crippen LogP contribution in [-0.4, -0.2) is 52.8 Å². The number of rotatable bonds is 5. The number of hydrogen-bond acceptors (Lipinski definition) is 4. The fraction of sp³-hybridized carbons (Fsp3) is 0.381. The average Bonchev–Trinajstić information content (AvgIpc) is 2.70. The largest absolute Gasteiger partial charge is 0.382 e. The Kier molecular flexibility index (Phi) is 6.19. The van der Waals surface area contributed by atoms with Crippen molar-refractivity contribution in [3.8, 4) is 11.1 Å². The minimum absolute atomic E-state index is 0.0127. The standard InChI is InChI=1S/C21H25ClN4O2/c1-3-4-8-18-21(28)25(2)9-10-26(18)20(27)15-7-5-6-14(11-15)16-12-17(22)19(23)24-13-16/h5-7,11-13,18H,3-4,8-10H2,1-2H3,(H2,23,24). The number of carbonyl (C=O) groups excluding carboxylic acids is 2. The van der Waals surface area contributed by atoms with Crippen LogP contribution in [0.5, 0.6) is 0 Å². The highest BCUT2D eigenvalue weighted by atomic mass is 35.5. The summed E-state index contributed by atoms with van der Waals surface area (Å²) in [5.41, 5.74) is 7.84. The van der Waals surface area contributed by atoms with Crippen LogP contribution in [0.4, 0.5) is 5.82 Å². The summed E-state index contributed by atoms with van der Waals surface area (Å²) in [6.07, 6.45) is 4.20. The number of anilines is 1. The van der Waals surface area contributed by atoms with Gasteiger partial charge in [0.25, 0.3) is 5.91 Å². The summed E-state index contributed by atoms with van der Waals surface area (Å²) in [4.78, 5) is 33.4. The fourth-order valence-electron chi connectivity index (χ4n) is 3.44. The third-order valence-corrected chi connectivity index (χ3v) is 5.42. The number of likely N-dealkylation sites (N-methyl/N-ethyl adjacent to an activating group) is 1. The highest BCUT2D eigenvalue weighted by Crippen LogP contribution is 2.27. The molecule has 1 atom stereocenters. The number of benzene rings is 1.